The zero-order valence-electron chi connectivity index (χ0n) is 20.3. The van der Waals surface area contributed by atoms with E-state index in [1.807, 2.05) is 30.3 Å². The highest BCUT2D eigenvalue weighted by Gasteiger charge is 2.77. The molecule has 2 fully saturated rings. The lowest BCUT2D eigenvalue weighted by molar-refractivity contribution is -0.152. The van der Waals surface area contributed by atoms with Gasteiger partial charge in [-0.15, -0.1) is 0 Å². The fourth-order valence-corrected chi connectivity index (χ4v) is 6.48. The van der Waals surface area contributed by atoms with Crippen molar-refractivity contribution in [2.24, 2.45) is 5.92 Å². The summed E-state index contributed by atoms with van der Waals surface area (Å²) in [5.74, 6) is -0.474. The Morgan fingerprint density at radius 2 is 1.95 bits per heavy atom. The SMILES string of the molecule is [C-]#[N+]c1cc2c(c(OC)n1)[C@]1(O)[C@H](O)[C@H](CN3CCC3)[C@@H](c3ccccc3)[C@]1(c1ccc(C#N)cc1)O2. The zero-order chi connectivity index (χ0) is 25.8. The van der Waals surface area contributed by atoms with E-state index in [1.54, 1.807) is 24.3 Å². The molecule has 8 heteroatoms. The zero-order valence-corrected chi connectivity index (χ0v) is 20.3. The molecule has 1 saturated carbocycles. The molecule has 0 unspecified atom stereocenters. The Balaban J connectivity index is 1.66. The number of ether oxygens (including phenoxy) is 2. The van der Waals surface area contributed by atoms with Crippen LogP contribution in [0.15, 0.2) is 60.7 Å². The van der Waals surface area contributed by atoms with Crippen LogP contribution < -0.4 is 9.47 Å². The van der Waals surface area contributed by atoms with E-state index in [0.717, 1.165) is 25.1 Å². The number of aliphatic hydroxyl groups excluding tert-OH is 1. The van der Waals surface area contributed by atoms with Gasteiger partial charge in [0.2, 0.25) is 0 Å². The summed E-state index contributed by atoms with van der Waals surface area (Å²) in [6, 6.07) is 20.4. The van der Waals surface area contributed by atoms with Crippen molar-refractivity contribution >= 4 is 5.82 Å². The van der Waals surface area contributed by atoms with Crippen molar-refractivity contribution in [1.82, 2.24) is 9.88 Å². The molecule has 0 radical (unpaired) electrons. The summed E-state index contributed by atoms with van der Waals surface area (Å²) < 4.78 is 12.4. The van der Waals surface area contributed by atoms with Crippen LogP contribution in [0.1, 0.15) is 34.6 Å². The maximum atomic E-state index is 12.8. The minimum absolute atomic E-state index is 0.0528. The van der Waals surface area contributed by atoms with Gasteiger partial charge in [-0.25, -0.2) is 0 Å². The van der Waals surface area contributed by atoms with E-state index in [1.165, 1.54) is 13.2 Å². The largest absolute Gasteiger partial charge is 0.479 e. The van der Waals surface area contributed by atoms with E-state index in [-0.39, 0.29) is 28.9 Å². The standard InChI is InChI=1S/C29H26N4O4/c1-31-23-15-22-25(27(32-23)36-2)28(35)26(34)21(17-33-13-6-14-33)24(19-7-4-3-5-8-19)29(28,37-22)20-11-9-18(16-30)10-12-20/h3-5,7-12,15,21,24,26,34-35H,6,13-14,17H2,2H3/t21-,24-,26-,28+,29+/m1/s1. The summed E-state index contributed by atoms with van der Waals surface area (Å²) in [4.78, 5) is 10.0. The van der Waals surface area contributed by atoms with Crippen LogP contribution in [-0.2, 0) is 11.2 Å². The molecular formula is C29H26N4O4. The van der Waals surface area contributed by atoms with Gasteiger partial charge in [0.25, 0.3) is 5.82 Å². The Morgan fingerprint density at radius 1 is 1.22 bits per heavy atom. The quantitative estimate of drug-likeness (QED) is 0.524. The second-order valence-electron chi connectivity index (χ2n) is 9.92. The van der Waals surface area contributed by atoms with Crippen LogP contribution in [0.2, 0.25) is 0 Å². The molecule has 0 amide bonds. The van der Waals surface area contributed by atoms with Gasteiger partial charge >= 0.3 is 5.88 Å². The van der Waals surface area contributed by atoms with E-state index in [0.29, 0.717) is 17.7 Å². The second kappa shape index (κ2) is 8.57. The third-order valence-electron chi connectivity index (χ3n) is 8.18. The molecule has 6 rings (SSSR count). The molecule has 5 atom stereocenters. The van der Waals surface area contributed by atoms with Crippen LogP contribution in [-0.4, -0.2) is 52.9 Å². The number of nitriles is 1. The lowest BCUT2D eigenvalue weighted by Crippen LogP contribution is -2.52. The summed E-state index contributed by atoms with van der Waals surface area (Å²) in [7, 11) is 1.43. The van der Waals surface area contributed by atoms with Crippen LogP contribution in [0.4, 0.5) is 5.82 Å². The first-order valence-corrected chi connectivity index (χ1v) is 12.3. The molecule has 2 aromatic carbocycles. The Hall–Kier alpha value is -3.95. The Bertz CT molecular complexity index is 1430. The number of fused-ring (bicyclic) bond motifs is 3. The van der Waals surface area contributed by atoms with E-state index in [4.69, 9.17) is 16.0 Å². The van der Waals surface area contributed by atoms with Crippen LogP contribution in [0, 0.1) is 23.8 Å². The van der Waals surface area contributed by atoms with Gasteiger partial charge in [-0.2, -0.15) is 5.26 Å². The van der Waals surface area contributed by atoms with Gasteiger partial charge in [0, 0.05) is 24.4 Å². The topological polar surface area (TPSA) is 103 Å². The highest BCUT2D eigenvalue weighted by atomic mass is 16.5. The number of rotatable bonds is 5. The van der Waals surface area contributed by atoms with Crippen molar-refractivity contribution in [1.29, 1.82) is 5.26 Å². The summed E-state index contributed by atoms with van der Waals surface area (Å²) in [6.07, 6.45) is -0.134. The molecule has 3 heterocycles. The Kier molecular flexibility index (Phi) is 5.43. The van der Waals surface area contributed by atoms with Crippen molar-refractivity contribution in [3.05, 3.63) is 94.3 Å². The number of pyridine rings is 1. The number of nitrogens with zero attached hydrogens (tertiary/aromatic N) is 4. The molecule has 3 aliphatic rings. The third kappa shape index (κ3) is 3.14. The Labute approximate surface area is 215 Å². The number of hydrogen-bond acceptors (Lipinski definition) is 7. The molecular weight excluding hydrogens is 468 g/mol. The molecule has 3 aromatic rings. The molecule has 2 N–H and O–H groups in total. The molecule has 8 nitrogen and oxygen atoms in total. The number of hydrogen-bond donors (Lipinski definition) is 2. The van der Waals surface area contributed by atoms with Gasteiger partial charge in [0.05, 0.1) is 24.8 Å². The average Bonchev–Trinajstić information content (AvgIpc) is 3.28. The van der Waals surface area contributed by atoms with Crippen LogP contribution in [0.5, 0.6) is 11.6 Å². The molecule has 0 spiro atoms. The van der Waals surface area contributed by atoms with Crippen LogP contribution in [0.3, 0.4) is 0 Å². The van der Waals surface area contributed by atoms with Gasteiger partial charge in [0.1, 0.15) is 11.3 Å². The van der Waals surface area contributed by atoms with Gasteiger partial charge in [0.15, 0.2) is 11.2 Å². The minimum atomic E-state index is -1.94. The molecule has 1 aliphatic carbocycles. The van der Waals surface area contributed by atoms with Crippen molar-refractivity contribution in [3.8, 4) is 17.7 Å². The minimum Gasteiger partial charge on any atom is -0.479 e. The summed E-state index contributed by atoms with van der Waals surface area (Å²) in [5.41, 5.74) is -1.15. The predicted molar refractivity (Wildman–Crippen MR) is 134 cm³/mol. The first-order chi connectivity index (χ1) is 18.0. The predicted octanol–water partition coefficient (Wildman–Crippen LogP) is 3.47. The maximum Gasteiger partial charge on any atom is 0.319 e. The fraction of sp³-hybridized carbons (Fsp3) is 0.345. The number of likely N-dealkylation sites (tertiary alicyclic amines) is 1. The average molecular weight is 495 g/mol. The lowest BCUT2D eigenvalue weighted by atomic mass is 9.70. The lowest BCUT2D eigenvalue weighted by Gasteiger charge is -2.41. The smallest absolute Gasteiger partial charge is 0.319 e. The molecule has 1 saturated heterocycles. The Morgan fingerprint density at radius 3 is 2.54 bits per heavy atom. The number of aromatic nitrogens is 1. The highest BCUT2D eigenvalue weighted by Crippen LogP contribution is 2.70. The van der Waals surface area contributed by atoms with Crippen molar-refractivity contribution in [2.75, 3.05) is 26.7 Å². The highest BCUT2D eigenvalue weighted by molar-refractivity contribution is 5.62. The first-order valence-electron chi connectivity index (χ1n) is 12.3. The number of aliphatic hydroxyl groups is 2. The molecule has 0 bridgehead atoms. The van der Waals surface area contributed by atoms with Crippen molar-refractivity contribution < 1.29 is 19.7 Å². The maximum absolute atomic E-state index is 12.8. The summed E-state index contributed by atoms with van der Waals surface area (Å²) >= 11 is 0. The van der Waals surface area contributed by atoms with Gasteiger partial charge in [-0.1, -0.05) is 54.0 Å². The van der Waals surface area contributed by atoms with Crippen molar-refractivity contribution in [3.63, 3.8) is 0 Å². The van der Waals surface area contributed by atoms with Crippen LogP contribution in [0.25, 0.3) is 4.85 Å². The van der Waals surface area contributed by atoms with E-state index in [9.17, 15) is 15.5 Å². The first kappa shape index (κ1) is 23.4. The van der Waals surface area contributed by atoms with Crippen molar-refractivity contribution in [2.45, 2.75) is 29.6 Å². The van der Waals surface area contributed by atoms with Gasteiger partial charge < -0.3 is 29.4 Å². The molecule has 1 aromatic heterocycles. The van der Waals surface area contributed by atoms with Gasteiger partial charge in [-0.3, -0.25) is 0 Å². The van der Waals surface area contributed by atoms with E-state index >= 15 is 0 Å². The molecule has 37 heavy (non-hydrogen) atoms. The third-order valence-corrected chi connectivity index (χ3v) is 8.18. The van der Waals surface area contributed by atoms with Gasteiger partial charge in [-0.05, 0) is 42.8 Å². The summed E-state index contributed by atoms with van der Waals surface area (Å²) in [6.45, 7) is 9.94. The second-order valence-corrected chi connectivity index (χ2v) is 9.92. The number of benzene rings is 2. The monoisotopic (exact) mass is 494 g/mol. The molecule has 2 aliphatic heterocycles. The van der Waals surface area contributed by atoms with E-state index in [2.05, 4.69) is 20.8 Å². The van der Waals surface area contributed by atoms with E-state index < -0.39 is 23.2 Å². The number of methoxy groups -OCH3 is 1. The molecule has 186 valence electrons. The fourth-order valence-electron chi connectivity index (χ4n) is 6.48. The van der Waals surface area contributed by atoms with Crippen LogP contribution >= 0.6 is 0 Å². The summed E-state index contributed by atoms with van der Waals surface area (Å²) in [5, 5.41) is 34.3. The normalized spacial score (nSPS) is 29.8.